The number of ether oxygens (including phenoxy) is 1. The number of rotatable bonds is 1. The van der Waals surface area contributed by atoms with E-state index in [2.05, 4.69) is 10.3 Å². The average molecular weight is 330 g/mol. The van der Waals surface area contributed by atoms with E-state index < -0.39 is 11.7 Å². The molecule has 0 saturated heterocycles. The third-order valence-corrected chi connectivity index (χ3v) is 4.02. The first-order valence-electron chi connectivity index (χ1n) is 8.09. The maximum absolute atomic E-state index is 12.8. The summed E-state index contributed by atoms with van der Waals surface area (Å²) in [6, 6.07) is 4.95. The van der Waals surface area contributed by atoms with Crippen LogP contribution in [0.5, 0.6) is 0 Å². The first-order valence-corrected chi connectivity index (χ1v) is 8.09. The summed E-state index contributed by atoms with van der Waals surface area (Å²) >= 11 is 0. The van der Waals surface area contributed by atoms with Gasteiger partial charge >= 0.3 is 6.09 Å². The maximum Gasteiger partial charge on any atom is 0.431 e. The first kappa shape index (κ1) is 16.4. The van der Waals surface area contributed by atoms with Gasteiger partial charge in [0.05, 0.1) is 6.04 Å². The first-order chi connectivity index (χ1) is 11.2. The largest absolute Gasteiger partial charge is 0.442 e. The molecule has 7 heteroatoms. The molecule has 1 aliphatic rings. The number of nitrogens with zero attached hydrogens (tertiary/aromatic N) is 4. The van der Waals surface area contributed by atoms with E-state index in [4.69, 9.17) is 4.74 Å². The van der Waals surface area contributed by atoms with E-state index in [9.17, 15) is 9.59 Å². The second-order valence-corrected chi connectivity index (χ2v) is 7.42. The monoisotopic (exact) mass is 330 g/mol. The zero-order valence-electron chi connectivity index (χ0n) is 14.6. The van der Waals surface area contributed by atoms with Crippen LogP contribution in [0.4, 0.5) is 4.79 Å². The Hall–Kier alpha value is -2.44. The minimum absolute atomic E-state index is 0.0195. The van der Waals surface area contributed by atoms with Crippen LogP contribution in [0.25, 0.3) is 11.0 Å². The van der Waals surface area contributed by atoms with E-state index in [1.165, 1.54) is 9.80 Å². The van der Waals surface area contributed by atoms with Crippen molar-refractivity contribution in [2.45, 2.75) is 52.7 Å². The molecule has 128 valence electrons. The Bertz CT molecular complexity index is 804. The number of aromatic nitrogens is 3. The summed E-state index contributed by atoms with van der Waals surface area (Å²) in [5.74, 6) is 0.0314. The molecule has 1 aromatic carbocycles. The summed E-state index contributed by atoms with van der Waals surface area (Å²) in [5, 5.41) is 9.66. The molecule has 1 aliphatic heterocycles. The molecular weight excluding hydrogens is 308 g/mol. The minimum Gasteiger partial charge on any atom is -0.442 e. The average Bonchev–Trinajstić information content (AvgIpc) is 2.82. The number of ketones is 1. The number of carbonyl (C=O) groups is 2. The van der Waals surface area contributed by atoms with E-state index in [0.29, 0.717) is 16.6 Å². The lowest BCUT2D eigenvalue weighted by Gasteiger charge is -2.33. The smallest absolute Gasteiger partial charge is 0.431 e. The molecule has 0 spiro atoms. The van der Waals surface area contributed by atoms with Gasteiger partial charge in [-0.2, -0.15) is 5.01 Å². The highest BCUT2D eigenvalue weighted by Crippen LogP contribution is 2.28. The highest BCUT2D eigenvalue weighted by molar-refractivity contribution is 6.08. The molecule has 1 atom stereocenters. The summed E-state index contributed by atoms with van der Waals surface area (Å²) in [4.78, 5) is 27.0. The van der Waals surface area contributed by atoms with Gasteiger partial charge in [0, 0.05) is 12.0 Å². The van der Waals surface area contributed by atoms with E-state index in [0.717, 1.165) is 0 Å². The standard InChI is InChI=1S/C17H22N4O3/c1-10(2)13-9-14(22)11-7-6-8-12-15(11)21(19-18-12)20(13)16(23)24-17(3,4)5/h6-8,10,13H,9H2,1-5H3. The van der Waals surface area contributed by atoms with Crippen LogP contribution in [0.1, 0.15) is 51.4 Å². The molecule has 7 nitrogen and oxygen atoms in total. The number of hydrogen-bond acceptors (Lipinski definition) is 5. The number of para-hydroxylation sites is 1. The van der Waals surface area contributed by atoms with Gasteiger partial charge in [-0.25, -0.2) is 4.79 Å². The Kier molecular flexibility index (Phi) is 3.81. The molecular formula is C17H22N4O3. The fraction of sp³-hybridized carbons (Fsp3) is 0.529. The highest BCUT2D eigenvalue weighted by Gasteiger charge is 2.38. The molecule has 2 heterocycles. The maximum atomic E-state index is 12.8. The van der Waals surface area contributed by atoms with Crippen molar-refractivity contribution in [2.75, 3.05) is 5.01 Å². The van der Waals surface area contributed by atoms with E-state index >= 15 is 0 Å². The third-order valence-electron chi connectivity index (χ3n) is 4.02. The van der Waals surface area contributed by atoms with Gasteiger partial charge in [-0.1, -0.05) is 19.9 Å². The van der Waals surface area contributed by atoms with Crippen molar-refractivity contribution >= 4 is 22.9 Å². The molecule has 0 radical (unpaired) electrons. The third kappa shape index (κ3) is 2.74. The van der Waals surface area contributed by atoms with Crippen LogP contribution in [-0.2, 0) is 4.74 Å². The van der Waals surface area contributed by atoms with Crippen LogP contribution in [0, 0.1) is 5.92 Å². The van der Waals surface area contributed by atoms with Gasteiger partial charge < -0.3 is 4.74 Å². The number of hydrogen-bond donors (Lipinski definition) is 0. The predicted molar refractivity (Wildman–Crippen MR) is 89.6 cm³/mol. The van der Waals surface area contributed by atoms with Crippen LogP contribution in [0.15, 0.2) is 18.2 Å². The normalized spacial score (nSPS) is 18.2. The lowest BCUT2D eigenvalue weighted by Crippen LogP contribution is -2.52. The quantitative estimate of drug-likeness (QED) is 0.803. The summed E-state index contributed by atoms with van der Waals surface area (Å²) in [7, 11) is 0. The molecule has 2 aromatic rings. The number of carbonyl (C=O) groups excluding carboxylic acids is 2. The van der Waals surface area contributed by atoms with E-state index in [1.54, 1.807) is 18.2 Å². The summed E-state index contributed by atoms with van der Waals surface area (Å²) in [6.07, 6.45) is -0.308. The summed E-state index contributed by atoms with van der Waals surface area (Å²) in [5.41, 5.74) is 1.03. The van der Waals surface area contributed by atoms with Gasteiger partial charge in [0.25, 0.3) is 0 Å². The second-order valence-electron chi connectivity index (χ2n) is 7.42. The van der Waals surface area contributed by atoms with Crippen molar-refractivity contribution < 1.29 is 14.3 Å². The van der Waals surface area contributed by atoms with Crippen molar-refractivity contribution in [3.8, 4) is 0 Å². The van der Waals surface area contributed by atoms with Crippen LogP contribution in [-0.4, -0.2) is 38.6 Å². The molecule has 24 heavy (non-hydrogen) atoms. The van der Waals surface area contributed by atoms with Crippen molar-refractivity contribution in [3.63, 3.8) is 0 Å². The van der Waals surface area contributed by atoms with Crippen LogP contribution in [0.2, 0.25) is 0 Å². The van der Waals surface area contributed by atoms with Crippen molar-refractivity contribution in [3.05, 3.63) is 23.8 Å². The zero-order chi connectivity index (χ0) is 17.6. The lowest BCUT2D eigenvalue weighted by atomic mass is 9.96. The number of Topliss-reactive ketones (excluding diaryl/α,β-unsaturated/α-hetero) is 1. The van der Waals surface area contributed by atoms with Crippen LogP contribution < -0.4 is 5.01 Å². The number of benzene rings is 1. The van der Waals surface area contributed by atoms with Gasteiger partial charge in [-0.15, -0.1) is 9.89 Å². The van der Waals surface area contributed by atoms with Gasteiger partial charge in [0.15, 0.2) is 5.78 Å². The Morgan fingerprint density at radius 1 is 1.33 bits per heavy atom. The topological polar surface area (TPSA) is 77.3 Å². The van der Waals surface area contributed by atoms with Crippen molar-refractivity contribution in [1.82, 2.24) is 15.1 Å². The second kappa shape index (κ2) is 5.58. The molecule has 1 amide bonds. The Morgan fingerprint density at radius 3 is 2.67 bits per heavy atom. The molecule has 1 aromatic heterocycles. The van der Waals surface area contributed by atoms with Gasteiger partial charge in [0.1, 0.15) is 16.6 Å². The molecule has 0 saturated carbocycles. The van der Waals surface area contributed by atoms with Crippen molar-refractivity contribution in [1.29, 1.82) is 0 Å². The molecule has 1 unspecified atom stereocenters. The SMILES string of the molecule is CC(C)C1CC(=O)c2cccc3nnn(c23)N1C(=O)OC(C)(C)C. The van der Waals surface area contributed by atoms with Crippen LogP contribution in [0.3, 0.4) is 0 Å². The van der Waals surface area contributed by atoms with Crippen molar-refractivity contribution in [2.24, 2.45) is 5.92 Å². The fourth-order valence-corrected chi connectivity index (χ4v) is 2.90. The Morgan fingerprint density at radius 2 is 2.04 bits per heavy atom. The molecule has 0 fully saturated rings. The predicted octanol–water partition coefficient (Wildman–Crippen LogP) is 2.92. The highest BCUT2D eigenvalue weighted by atomic mass is 16.6. The van der Waals surface area contributed by atoms with Gasteiger partial charge in [0.2, 0.25) is 0 Å². The van der Waals surface area contributed by atoms with Gasteiger partial charge in [-0.05, 0) is 44.0 Å². The lowest BCUT2D eigenvalue weighted by molar-refractivity contribution is 0.0495. The zero-order valence-corrected chi connectivity index (χ0v) is 14.6. The molecule has 0 N–H and O–H groups in total. The Balaban J connectivity index is 2.18. The Labute approximate surface area is 140 Å². The molecule has 3 rings (SSSR count). The molecule has 0 aliphatic carbocycles. The summed E-state index contributed by atoms with van der Waals surface area (Å²) < 4.78 is 5.55. The van der Waals surface area contributed by atoms with E-state index in [-0.39, 0.29) is 24.2 Å². The summed E-state index contributed by atoms with van der Waals surface area (Å²) in [6.45, 7) is 9.37. The van der Waals surface area contributed by atoms with E-state index in [1.807, 2.05) is 34.6 Å². The fourth-order valence-electron chi connectivity index (χ4n) is 2.90. The minimum atomic E-state index is -0.645. The molecule has 0 bridgehead atoms. The number of amides is 1. The van der Waals surface area contributed by atoms with Gasteiger partial charge in [-0.3, -0.25) is 4.79 Å². The van der Waals surface area contributed by atoms with Crippen LogP contribution >= 0.6 is 0 Å².